The van der Waals surface area contributed by atoms with Crippen molar-refractivity contribution in [1.82, 2.24) is 30.1 Å². The number of nitrogens with one attached hydrogen (secondary N) is 3. The zero-order chi connectivity index (χ0) is 28.5. The van der Waals surface area contributed by atoms with Crippen LogP contribution < -0.4 is 20.1 Å². The predicted molar refractivity (Wildman–Crippen MR) is 148 cm³/mol. The lowest BCUT2D eigenvalue weighted by Crippen LogP contribution is -2.40. The van der Waals surface area contributed by atoms with Crippen molar-refractivity contribution in [1.29, 1.82) is 0 Å². The van der Waals surface area contributed by atoms with Gasteiger partial charge in [0.05, 0.1) is 12.4 Å². The van der Waals surface area contributed by atoms with Crippen molar-refractivity contribution in [3.05, 3.63) is 90.3 Å². The van der Waals surface area contributed by atoms with E-state index in [0.29, 0.717) is 37.1 Å². The number of ether oxygens (including phenoxy) is 1. The fraction of sp³-hybridized carbons (Fsp3) is 0.250. The molecule has 4 aromatic rings. The van der Waals surface area contributed by atoms with Gasteiger partial charge in [0.1, 0.15) is 12.1 Å². The zero-order valence-corrected chi connectivity index (χ0v) is 22.7. The highest BCUT2D eigenvalue weighted by atomic mass is 32.2. The van der Waals surface area contributed by atoms with Crippen molar-refractivity contribution in [3.8, 4) is 22.8 Å². The number of alkyl halides is 3. The second-order valence-corrected chi connectivity index (χ2v) is 9.99. The number of aromatic nitrogens is 3. The third-order valence-corrected chi connectivity index (χ3v) is 6.64. The molecule has 0 aliphatic heterocycles. The first-order valence-electron chi connectivity index (χ1n) is 12.6. The molecule has 0 saturated heterocycles. The molecule has 3 aromatic carbocycles. The second kappa shape index (κ2) is 13.4. The smallest absolute Gasteiger partial charge is 0.406 e. The maximum absolute atomic E-state index is 12.4. The molecule has 0 atom stereocenters. The number of hydrogen-bond acceptors (Lipinski definition) is 6. The van der Waals surface area contributed by atoms with E-state index in [9.17, 15) is 18.0 Å². The quantitative estimate of drug-likeness (QED) is 0.115. The van der Waals surface area contributed by atoms with Crippen molar-refractivity contribution in [2.75, 3.05) is 13.2 Å². The van der Waals surface area contributed by atoms with Crippen molar-refractivity contribution >= 4 is 18.0 Å². The minimum Gasteiger partial charge on any atom is -0.406 e. The average Bonchev–Trinajstić information content (AvgIpc) is 3.41. The van der Waals surface area contributed by atoms with Crippen molar-refractivity contribution in [3.63, 3.8) is 0 Å². The number of rotatable bonds is 11. The predicted octanol–water partition coefficient (Wildman–Crippen LogP) is 6.05. The van der Waals surface area contributed by atoms with E-state index in [0.717, 1.165) is 16.0 Å². The van der Waals surface area contributed by atoms with Gasteiger partial charge in [0, 0.05) is 17.0 Å². The SMILES string of the molecule is CC(C)c1ccccc1SNCNC(=O)NCCc1cccc(-c2ncn(-c3ccc(OC(F)(F)F)cc3)n2)c1. The topological polar surface area (TPSA) is 93.1 Å². The van der Waals surface area contributed by atoms with E-state index in [1.54, 1.807) is 0 Å². The summed E-state index contributed by atoms with van der Waals surface area (Å²) in [5, 5.41) is 10.1. The van der Waals surface area contributed by atoms with Crippen LogP contribution in [0.15, 0.2) is 84.0 Å². The third kappa shape index (κ3) is 8.48. The van der Waals surface area contributed by atoms with Gasteiger partial charge in [-0.3, -0.25) is 0 Å². The molecule has 0 bridgehead atoms. The summed E-state index contributed by atoms with van der Waals surface area (Å²) in [7, 11) is 0. The molecule has 0 saturated carbocycles. The highest BCUT2D eigenvalue weighted by Crippen LogP contribution is 2.26. The Morgan fingerprint density at radius 3 is 2.55 bits per heavy atom. The molecule has 1 aromatic heterocycles. The third-order valence-electron chi connectivity index (χ3n) is 5.76. The summed E-state index contributed by atoms with van der Waals surface area (Å²) in [6.07, 6.45) is -2.66. The minimum absolute atomic E-state index is 0.270. The van der Waals surface area contributed by atoms with Gasteiger partial charge in [-0.25, -0.2) is 19.2 Å². The molecule has 40 heavy (non-hydrogen) atoms. The fourth-order valence-corrected chi connectivity index (χ4v) is 4.72. The number of hydrogen-bond donors (Lipinski definition) is 3. The number of benzene rings is 3. The molecule has 4 rings (SSSR count). The molecule has 0 aliphatic rings. The largest absolute Gasteiger partial charge is 0.573 e. The normalized spacial score (nSPS) is 11.4. The van der Waals surface area contributed by atoms with Gasteiger partial charge in [0.15, 0.2) is 5.82 Å². The lowest BCUT2D eigenvalue weighted by Gasteiger charge is -2.13. The van der Waals surface area contributed by atoms with Crippen molar-refractivity contribution < 1.29 is 22.7 Å². The zero-order valence-electron chi connectivity index (χ0n) is 21.9. The van der Waals surface area contributed by atoms with Crippen LogP contribution in [0, 0.1) is 0 Å². The Bertz CT molecular complexity index is 1410. The molecule has 210 valence electrons. The van der Waals surface area contributed by atoms with E-state index in [1.807, 2.05) is 36.4 Å². The van der Waals surface area contributed by atoms with Crippen LogP contribution in [-0.2, 0) is 6.42 Å². The van der Waals surface area contributed by atoms with Crippen LogP contribution >= 0.6 is 11.9 Å². The summed E-state index contributed by atoms with van der Waals surface area (Å²) in [6, 6.07) is 20.9. The van der Waals surface area contributed by atoms with Gasteiger partial charge < -0.3 is 15.4 Å². The molecular formula is C28H29F3N6O2S. The highest BCUT2D eigenvalue weighted by molar-refractivity contribution is 7.97. The fourth-order valence-electron chi connectivity index (χ4n) is 3.85. The monoisotopic (exact) mass is 570 g/mol. The molecule has 0 aliphatic carbocycles. The molecule has 1 heterocycles. The molecule has 0 radical (unpaired) electrons. The van der Waals surface area contributed by atoms with Crippen LogP contribution in [0.4, 0.5) is 18.0 Å². The van der Waals surface area contributed by atoms with Gasteiger partial charge in [-0.2, -0.15) is 0 Å². The molecule has 0 unspecified atom stereocenters. The van der Waals surface area contributed by atoms with Gasteiger partial charge in [-0.05, 0) is 71.8 Å². The molecule has 8 nitrogen and oxygen atoms in total. The van der Waals surface area contributed by atoms with E-state index in [-0.39, 0.29) is 11.8 Å². The second-order valence-electron chi connectivity index (χ2n) is 9.05. The standard InChI is InChI=1S/C28H29F3N6O2S/c1-19(2)24-8-3-4-9-25(24)40-35-17-33-27(38)32-15-14-20-6-5-7-21(16-20)26-34-18-37(36-26)22-10-12-23(13-11-22)39-28(29,30)31/h3-13,16,18-19,35H,14-15,17H2,1-2H3,(H2,32,33,38). The van der Waals surface area contributed by atoms with E-state index in [1.165, 1.54) is 52.8 Å². The summed E-state index contributed by atoms with van der Waals surface area (Å²) in [4.78, 5) is 17.6. The van der Waals surface area contributed by atoms with Gasteiger partial charge in [0.25, 0.3) is 0 Å². The molecule has 3 N–H and O–H groups in total. The van der Waals surface area contributed by atoms with Gasteiger partial charge in [-0.1, -0.05) is 50.2 Å². The average molecular weight is 571 g/mol. The van der Waals surface area contributed by atoms with Crippen LogP contribution in [-0.4, -0.2) is 40.4 Å². The Kier molecular flexibility index (Phi) is 9.67. The first kappa shape index (κ1) is 29.0. The van der Waals surface area contributed by atoms with Crippen molar-refractivity contribution in [2.45, 2.75) is 37.4 Å². The van der Waals surface area contributed by atoms with Crippen LogP contribution in [0.5, 0.6) is 5.75 Å². The Hall–Kier alpha value is -4.03. The van der Waals surface area contributed by atoms with Gasteiger partial charge in [-0.15, -0.1) is 18.3 Å². The lowest BCUT2D eigenvalue weighted by atomic mass is 10.0. The van der Waals surface area contributed by atoms with E-state index in [2.05, 4.69) is 56.2 Å². The maximum Gasteiger partial charge on any atom is 0.573 e. The Labute approximate surface area is 234 Å². The Balaban J connectivity index is 1.23. The molecule has 0 fully saturated rings. The molecular weight excluding hydrogens is 541 g/mol. The van der Waals surface area contributed by atoms with E-state index < -0.39 is 6.36 Å². The molecule has 0 spiro atoms. The van der Waals surface area contributed by atoms with Crippen LogP contribution in [0.2, 0.25) is 0 Å². The molecule has 12 heteroatoms. The van der Waals surface area contributed by atoms with Crippen LogP contribution in [0.1, 0.15) is 30.9 Å². The minimum atomic E-state index is -4.75. The maximum atomic E-state index is 12.4. The number of urea groups is 1. The van der Waals surface area contributed by atoms with Gasteiger partial charge >= 0.3 is 12.4 Å². The van der Waals surface area contributed by atoms with Crippen molar-refractivity contribution in [2.24, 2.45) is 0 Å². The summed E-state index contributed by atoms with van der Waals surface area (Å²) < 4.78 is 45.7. The lowest BCUT2D eigenvalue weighted by molar-refractivity contribution is -0.274. The van der Waals surface area contributed by atoms with E-state index >= 15 is 0 Å². The number of halogens is 3. The van der Waals surface area contributed by atoms with E-state index in [4.69, 9.17) is 0 Å². The summed E-state index contributed by atoms with van der Waals surface area (Å²) in [5.41, 5.74) is 3.56. The first-order valence-corrected chi connectivity index (χ1v) is 13.4. The summed E-state index contributed by atoms with van der Waals surface area (Å²) in [6.45, 7) is 5.04. The summed E-state index contributed by atoms with van der Waals surface area (Å²) >= 11 is 1.49. The highest BCUT2D eigenvalue weighted by Gasteiger charge is 2.31. The number of carbonyl (C=O) groups excluding carboxylic acids is 1. The number of nitrogens with zero attached hydrogens (tertiary/aromatic N) is 3. The Morgan fingerprint density at radius 1 is 1.02 bits per heavy atom. The molecule has 2 amide bonds. The van der Waals surface area contributed by atoms with Crippen LogP contribution in [0.25, 0.3) is 17.1 Å². The van der Waals surface area contributed by atoms with Crippen LogP contribution in [0.3, 0.4) is 0 Å². The Morgan fingerprint density at radius 2 is 1.80 bits per heavy atom. The first-order chi connectivity index (χ1) is 19.2. The number of carbonyl (C=O) groups is 1. The summed E-state index contributed by atoms with van der Waals surface area (Å²) in [5.74, 6) is 0.564. The number of amides is 2. The van der Waals surface area contributed by atoms with Gasteiger partial charge in [0.2, 0.25) is 0 Å².